The lowest BCUT2D eigenvalue weighted by Gasteiger charge is -2.28. The first-order valence-electron chi connectivity index (χ1n) is 7.79. The molecule has 1 heterocycles. The van der Waals surface area contributed by atoms with E-state index >= 15 is 0 Å². The second-order valence-corrected chi connectivity index (χ2v) is 6.99. The highest BCUT2D eigenvalue weighted by molar-refractivity contribution is 5.70. The van der Waals surface area contributed by atoms with Crippen molar-refractivity contribution >= 4 is 11.4 Å². The molecule has 2 rings (SSSR count). The van der Waals surface area contributed by atoms with E-state index in [1.807, 2.05) is 6.92 Å². The lowest BCUT2D eigenvalue weighted by molar-refractivity contribution is 0.263. The van der Waals surface area contributed by atoms with E-state index in [-0.39, 0.29) is 11.2 Å². The number of rotatable bonds is 4. The van der Waals surface area contributed by atoms with Crippen LogP contribution in [0.25, 0.3) is 0 Å². The number of hydrogen-bond donors (Lipinski definition) is 1. The number of nitrogen functional groups attached to an aromatic ring is 1. The van der Waals surface area contributed by atoms with Crippen molar-refractivity contribution < 1.29 is 9.13 Å². The first-order chi connectivity index (χ1) is 9.82. The Morgan fingerprint density at radius 1 is 1.38 bits per heavy atom. The van der Waals surface area contributed by atoms with Gasteiger partial charge in [-0.15, -0.1) is 0 Å². The minimum atomic E-state index is -0.378. The van der Waals surface area contributed by atoms with Crippen molar-refractivity contribution in [1.82, 2.24) is 0 Å². The largest absolute Gasteiger partial charge is 0.490 e. The van der Waals surface area contributed by atoms with E-state index in [1.165, 1.54) is 6.07 Å². The minimum Gasteiger partial charge on any atom is -0.490 e. The molecule has 0 radical (unpaired) electrons. The molecule has 0 amide bonds. The number of ether oxygens (including phenoxy) is 1. The van der Waals surface area contributed by atoms with E-state index in [1.54, 1.807) is 6.07 Å². The van der Waals surface area contributed by atoms with Gasteiger partial charge in [0.05, 0.1) is 18.0 Å². The highest BCUT2D eigenvalue weighted by Crippen LogP contribution is 2.39. The van der Waals surface area contributed by atoms with Crippen LogP contribution in [0.15, 0.2) is 12.1 Å². The third-order valence-electron chi connectivity index (χ3n) is 4.30. The van der Waals surface area contributed by atoms with Gasteiger partial charge in [0, 0.05) is 25.2 Å². The number of nitrogens with two attached hydrogens (primary N) is 1. The van der Waals surface area contributed by atoms with E-state index < -0.39 is 0 Å². The van der Waals surface area contributed by atoms with Crippen LogP contribution in [0.1, 0.15) is 40.5 Å². The Bertz CT molecular complexity index is 496. The number of anilines is 2. The van der Waals surface area contributed by atoms with Crippen molar-refractivity contribution in [1.29, 1.82) is 0 Å². The maximum atomic E-state index is 13.9. The van der Waals surface area contributed by atoms with Gasteiger partial charge in [-0.1, -0.05) is 27.7 Å². The molecule has 1 aromatic carbocycles. The molecule has 1 aliphatic rings. The van der Waals surface area contributed by atoms with E-state index in [4.69, 9.17) is 10.5 Å². The molecule has 21 heavy (non-hydrogen) atoms. The summed E-state index contributed by atoms with van der Waals surface area (Å²) in [6, 6.07) is 3.14. The van der Waals surface area contributed by atoms with Crippen LogP contribution in [-0.4, -0.2) is 19.7 Å². The smallest absolute Gasteiger partial charge is 0.167 e. The summed E-state index contributed by atoms with van der Waals surface area (Å²) in [7, 11) is 0. The minimum absolute atomic E-state index is 0.283. The Kier molecular flexibility index (Phi) is 4.64. The zero-order chi connectivity index (χ0) is 15.6. The number of halogens is 1. The molecule has 4 heteroatoms. The maximum absolute atomic E-state index is 13.9. The molecule has 1 aromatic rings. The first kappa shape index (κ1) is 15.9. The van der Waals surface area contributed by atoms with E-state index in [9.17, 15) is 4.39 Å². The predicted molar refractivity (Wildman–Crippen MR) is 86.4 cm³/mol. The average molecular weight is 294 g/mol. The SMILES string of the molecule is CCCOc1cc(N2CCC(C(C)(C)C)C2)c(N)cc1F. The van der Waals surface area contributed by atoms with Crippen LogP contribution in [0.3, 0.4) is 0 Å². The van der Waals surface area contributed by atoms with Crippen LogP contribution in [0.4, 0.5) is 15.8 Å². The molecule has 3 nitrogen and oxygen atoms in total. The average Bonchev–Trinajstić information content (AvgIpc) is 2.87. The summed E-state index contributed by atoms with van der Waals surface area (Å²) in [4.78, 5) is 2.25. The van der Waals surface area contributed by atoms with Crippen molar-refractivity contribution in [2.24, 2.45) is 11.3 Å². The van der Waals surface area contributed by atoms with Gasteiger partial charge in [-0.25, -0.2) is 4.39 Å². The molecule has 118 valence electrons. The highest BCUT2D eigenvalue weighted by Gasteiger charge is 2.32. The summed E-state index contributed by atoms with van der Waals surface area (Å²) in [6.07, 6.45) is 2.00. The topological polar surface area (TPSA) is 38.5 Å². The maximum Gasteiger partial charge on any atom is 0.167 e. The van der Waals surface area contributed by atoms with Gasteiger partial charge < -0.3 is 15.4 Å². The van der Waals surface area contributed by atoms with Crippen LogP contribution in [-0.2, 0) is 0 Å². The Balaban J connectivity index is 2.20. The Labute approximate surface area is 127 Å². The molecular weight excluding hydrogens is 267 g/mol. The van der Waals surface area contributed by atoms with Crippen molar-refractivity contribution in [3.63, 3.8) is 0 Å². The van der Waals surface area contributed by atoms with Gasteiger partial charge in [-0.3, -0.25) is 0 Å². The van der Waals surface area contributed by atoms with Crippen LogP contribution < -0.4 is 15.4 Å². The molecule has 0 aromatic heterocycles. The molecule has 0 saturated carbocycles. The summed E-state index contributed by atoms with van der Waals surface area (Å²) >= 11 is 0. The normalized spacial score (nSPS) is 19.1. The van der Waals surface area contributed by atoms with Crippen molar-refractivity contribution in [3.05, 3.63) is 17.9 Å². The zero-order valence-electron chi connectivity index (χ0n) is 13.6. The van der Waals surface area contributed by atoms with Crippen molar-refractivity contribution in [3.8, 4) is 5.75 Å². The summed E-state index contributed by atoms with van der Waals surface area (Å²) < 4.78 is 19.4. The molecule has 1 aliphatic heterocycles. The van der Waals surface area contributed by atoms with Gasteiger partial charge >= 0.3 is 0 Å². The zero-order valence-corrected chi connectivity index (χ0v) is 13.6. The number of hydrogen-bond acceptors (Lipinski definition) is 3. The molecule has 1 fully saturated rings. The second-order valence-electron chi connectivity index (χ2n) is 6.99. The quantitative estimate of drug-likeness (QED) is 0.851. The Morgan fingerprint density at radius 2 is 2.10 bits per heavy atom. The lowest BCUT2D eigenvalue weighted by atomic mass is 9.80. The van der Waals surface area contributed by atoms with E-state index in [2.05, 4.69) is 25.7 Å². The van der Waals surface area contributed by atoms with E-state index in [0.717, 1.165) is 31.6 Å². The molecular formula is C17H27FN2O. The van der Waals surface area contributed by atoms with Crippen LogP contribution in [0.5, 0.6) is 5.75 Å². The fraction of sp³-hybridized carbons (Fsp3) is 0.647. The van der Waals surface area contributed by atoms with Gasteiger partial charge in [0.25, 0.3) is 0 Å². The molecule has 0 spiro atoms. The summed E-state index contributed by atoms with van der Waals surface area (Å²) in [5.41, 5.74) is 7.69. The van der Waals surface area contributed by atoms with Crippen LogP contribution in [0.2, 0.25) is 0 Å². The van der Waals surface area contributed by atoms with Crippen LogP contribution >= 0.6 is 0 Å². The fourth-order valence-electron chi connectivity index (χ4n) is 2.84. The first-order valence-corrected chi connectivity index (χ1v) is 7.79. The lowest BCUT2D eigenvalue weighted by Crippen LogP contribution is -2.26. The third-order valence-corrected chi connectivity index (χ3v) is 4.30. The highest BCUT2D eigenvalue weighted by atomic mass is 19.1. The molecule has 1 atom stereocenters. The van der Waals surface area contributed by atoms with Gasteiger partial charge in [-0.05, 0) is 24.2 Å². The number of benzene rings is 1. The molecule has 1 unspecified atom stereocenters. The van der Waals surface area contributed by atoms with Gasteiger partial charge in [0.1, 0.15) is 0 Å². The second kappa shape index (κ2) is 6.12. The summed E-state index contributed by atoms with van der Waals surface area (Å²) in [5.74, 6) is 0.554. The summed E-state index contributed by atoms with van der Waals surface area (Å²) in [6.45, 7) is 11.3. The third kappa shape index (κ3) is 3.60. The Hall–Kier alpha value is -1.45. The molecule has 1 saturated heterocycles. The van der Waals surface area contributed by atoms with Gasteiger partial charge in [-0.2, -0.15) is 0 Å². The standard InChI is InChI=1S/C17H27FN2O/c1-5-8-21-16-10-15(14(19)9-13(16)18)20-7-6-12(11-20)17(2,3)4/h9-10,12H,5-8,11,19H2,1-4H3. The molecule has 2 N–H and O–H groups in total. The van der Waals surface area contributed by atoms with Crippen molar-refractivity contribution in [2.45, 2.75) is 40.5 Å². The predicted octanol–water partition coefficient (Wildman–Crippen LogP) is 4.07. The van der Waals surface area contributed by atoms with Crippen LogP contribution in [0, 0.1) is 17.2 Å². The monoisotopic (exact) mass is 294 g/mol. The summed E-state index contributed by atoms with van der Waals surface area (Å²) in [5, 5.41) is 0. The molecule has 0 aliphatic carbocycles. The van der Waals surface area contributed by atoms with Crippen molar-refractivity contribution in [2.75, 3.05) is 30.3 Å². The van der Waals surface area contributed by atoms with Gasteiger partial charge in [0.15, 0.2) is 11.6 Å². The van der Waals surface area contributed by atoms with E-state index in [0.29, 0.717) is 24.0 Å². The molecule has 0 bridgehead atoms. The number of nitrogens with zero attached hydrogens (tertiary/aromatic N) is 1. The van der Waals surface area contributed by atoms with Gasteiger partial charge in [0.2, 0.25) is 0 Å². The Morgan fingerprint density at radius 3 is 2.67 bits per heavy atom. The fourth-order valence-corrected chi connectivity index (χ4v) is 2.84.